The van der Waals surface area contributed by atoms with Crippen molar-refractivity contribution in [2.75, 3.05) is 5.32 Å². The number of thiophene rings is 1. The lowest BCUT2D eigenvalue weighted by Crippen LogP contribution is -2.14. The molecule has 2 rings (SSSR count). The van der Waals surface area contributed by atoms with E-state index in [1.165, 1.54) is 12.1 Å². The van der Waals surface area contributed by atoms with Crippen LogP contribution in [0.5, 0.6) is 5.75 Å². The first-order valence-electron chi connectivity index (χ1n) is 6.01. The first-order valence-corrected chi connectivity index (χ1v) is 6.89. The van der Waals surface area contributed by atoms with Gasteiger partial charge in [-0.25, -0.2) is 0 Å². The van der Waals surface area contributed by atoms with E-state index in [9.17, 15) is 13.6 Å². The molecule has 0 aliphatic carbocycles. The van der Waals surface area contributed by atoms with Crippen LogP contribution in [0.1, 0.15) is 11.3 Å². The van der Waals surface area contributed by atoms with Gasteiger partial charge in [0.1, 0.15) is 5.75 Å². The molecule has 0 radical (unpaired) electrons. The quantitative estimate of drug-likeness (QED) is 0.877. The lowest BCUT2D eigenvalue weighted by molar-refractivity contribution is -0.116. The lowest BCUT2D eigenvalue weighted by atomic mass is 10.2. The molecular formula is C14H13F2NO2S. The molecule has 0 bridgehead atoms. The van der Waals surface area contributed by atoms with Crippen LogP contribution < -0.4 is 10.1 Å². The molecule has 1 heterocycles. The summed E-state index contributed by atoms with van der Waals surface area (Å²) in [7, 11) is 0. The fourth-order valence-electron chi connectivity index (χ4n) is 1.67. The van der Waals surface area contributed by atoms with Gasteiger partial charge in [-0.05, 0) is 30.0 Å². The van der Waals surface area contributed by atoms with Crippen LogP contribution in [0.3, 0.4) is 0 Å². The Balaban J connectivity index is 1.93. The van der Waals surface area contributed by atoms with E-state index in [0.29, 0.717) is 12.8 Å². The largest absolute Gasteiger partial charge is 0.433 e. The number of amides is 1. The number of hydrogen-bond acceptors (Lipinski definition) is 3. The molecule has 0 aliphatic rings. The fraction of sp³-hybridized carbons (Fsp3) is 0.214. The zero-order valence-electron chi connectivity index (χ0n) is 10.5. The van der Waals surface area contributed by atoms with Gasteiger partial charge < -0.3 is 10.1 Å². The van der Waals surface area contributed by atoms with Crippen molar-refractivity contribution in [1.29, 1.82) is 0 Å². The second kappa shape index (κ2) is 7.00. The molecular weight excluding hydrogens is 284 g/mol. The minimum Gasteiger partial charge on any atom is -0.433 e. The Labute approximate surface area is 119 Å². The monoisotopic (exact) mass is 297 g/mol. The van der Waals surface area contributed by atoms with Crippen molar-refractivity contribution >= 4 is 22.9 Å². The molecule has 0 aliphatic heterocycles. The smallest absolute Gasteiger partial charge is 0.387 e. The molecule has 1 amide bonds. The number of hydrogen-bond donors (Lipinski definition) is 1. The van der Waals surface area contributed by atoms with Crippen LogP contribution in [0.15, 0.2) is 41.8 Å². The Kier molecular flexibility index (Phi) is 5.06. The summed E-state index contributed by atoms with van der Waals surface area (Å²) in [5.41, 5.74) is 0.254. The number of rotatable bonds is 6. The molecule has 0 saturated carbocycles. The van der Waals surface area contributed by atoms with Crippen molar-refractivity contribution in [2.24, 2.45) is 0 Å². The van der Waals surface area contributed by atoms with Crippen LogP contribution in [0.4, 0.5) is 14.5 Å². The summed E-state index contributed by atoms with van der Waals surface area (Å²) in [5, 5.41) is 4.53. The second-order valence-corrected chi connectivity index (χ2v) is 5.03. The SMILES string of the molecule is O=C(CCc1cccs1)Nc1ccccc1OC(F)F. The highest BCUT2D eigenvalue weighted by Crippen LogP contribution is 2.25. The molecule has 0 unspecified atom stereocenters. The number of nitrogens with one attached hydrogen (secondary N) is 1. The van der Waals surface area contributed by atoms with E-state index in [1.807, 2.05) is 17.5 Å². The van der Waals surface area contributed by atoms with Gasteiger partial charge in [-0.3, -0.25) is 4.79 Å². The van der Waals surface area contributed by atoms with E-state index in [0.717, 1.165) is 4.88 Å². The minimum atomic E-state index is -2.92. The van der Waals surface area contributed by atoms with Gasteiger partial charge in [0.2, 0.25) is 5.91 Å². The third-order valence-electron chi connectivity index (χ3n) is 2.56. The number of anilines is 1. The Morgan fingerprint density at radius 3 is 2.75 bits per heavy atom. The summed E-state index contributed by atoms with van der Waals surface area (Å²) in [6, 6.07) is 10.0. The number of ether oxygens (including phenoxy) is 1. The molecule has 1 aromatic carbocycles. The van der Waals surface area contributed by atoms with Gasteiger partial charge in [0, 0.05) is 11.3 Å². The van der Waals surface area contributed by atoms with Crippen LogP contribution in [0.2, 0.25) is 0 Å². The predicted octanol–water partition coefficient (Wildman–Crippen LogP) is 3.92. The van der Waals surface area contributed by atoms with Crippen LogP contribution in [0.25, 0.3) is 0 Å². The molecule has 0 atom stereocenters. The van der Waals surface area contributed by atoms with Crippen LogP contribution in [0, 0.1) is 0 Å². The summed E-state index contributed by atoms with van der Waals surface area (Å²) in [6.07, 6.45) is 0.922. The van der Waals surface area contributed by atoms with Gasteiger partial charge in [0.25, 0.3) is 0 Å². The summed E-state index contributed by atoms with van der Waals surface area (Å²) >= 11 is 1.58. The summed E-state index contributed by atoms with van der Waals surface area (Å²) in [6.45, 7) is -2.92. The van der Waals surface area contributed by atoms with Gasteiger partial charge in [-0.1, -0.05) is 18.2 Å². The number of carbonyl (C=O) groups excluding carboxylic acids is 1. The zero-order valence-corrected chi connectivity index (χ0v) is 11.3. The second-order valence-electron chi connectivity index (χ2n) is 4.00. The number of alkyl halides is 2. The Bertz CT molecular complexity index is 558. The molecule has 3 nitrogen and oxygen atoms in total. The molecule has 0 saturated heterocycles. The first-order chi connectivity index (χ1) is 9.65. The Morgan fingerprint density at radius 2 is 2.05 bits per heavy atom. The van der Waals surface area contributed by atoms with Gasteiger partial charge >= 0.3 is 6.61 Å². The summed E-state index contributed by atoms with van der Waals surface area (Å²) < 4.78 is 28.8. The average molecular weight is 297 g/mol. The predicted molar refractivity (Wildman–Crippen MR) is 74.3 cm³/mol. The number of halogens is 2. The molecule has 1 N–H and O–H groups in total. The van der Waals surface area contributed by atoms with Crippen LogP contribution in [-0.2, 0) is 11.2 Å². The van der Waals surface area contributed by atoms with Crippen LogP contribution >= 0.6 is 11.3 Å². The van der Waals surface area contributed by atoms with E-state index >= 15 is 0 Å². The van der Waals surface area contributed by atoms with Crippen molar-refractivity contribution in [3.05, 3.63) is 46.7 Å². The highest BCUT2D eigenvalue weighted by molar-refractivity contribution is 7.09. The highest BCUT2D eigenvalue weighted by Gasteiger charge is 2.11. The highest BCUT2D eigenvalue weighted by atomic mass is 32.1. The topological polar surface area (TPSA) is 38.3 Å². The van der Waals surface area contributed by atoms with E-state index in [4.69, 9.17) is 0 Å². The van der Waals surface area contributed by atoms with Crippen molar-refractivity contribution in [2.45, 2.75) is 19.5 Å². The number of para-hydroxylation sites is 2. The van der Waals surface area contributed by atoms with Crippen molar-refractivity contribution in [1.82, 2.24) is 0 Å². The van der Waals surface area contributed by atoms with E-state index in [1.54, 1.807) is 23.5 Å². The minimum absolute atomic E-state index is 0.0352. The third-order valence-corrected chi connectivity index (χ3v) is 3.49. The fourth-order valence-corrected chi connectivity index (χ4v) is 2.38. The van der Waals surface area contributed by atoms with E-state index in [2.05, 4.69) is 10.1 Å². The van der Waals surface area contributed by atoms with E-state index in [-0.39, 0.29) is 17.3 Å². The van der Waals surface area contributed by atoms with Gasteiger partial charge in [0.15, 0.2) is 0 Å². The normalized spacial score (nSPS) is 10.6. The van der Waals surface area contributed by atoms with Gasteiger partial charge in [-0.2, -0.15) is 8.78 Å². The summed E-state index contributed by atoms with van der Waals surface area (Å²) in [5.74, 6) is -0.268. The molecule has 1 aromatic heterocycles. The Morgan fingerprint density at radius 1 is 1.25 bits per heavy atom. The molecule has 0 fully saturated rings. The lowest BCUT2D eigenvalue weighted by Gasteiger charge is -2.11. The standard InChI is InChI=1S/C14H13F2NO2S/c15-14(16)19-12-6-2-1-5-11(12)17-13(18)8-7-10-4-3-9-20-10/h1-6,9,14H,7-8H2,(H,17,18). The van der Waals surface area contributed by atoms with Gasteiger partial charge in [0.05, 0.1) is 5.69 Å². The average Bonchev–Trinajstić information content (AvgIpc) is 2.91. The summed E-state index contributed by atoms with van der Waals surface area (Å²) in [4.78, 5) is 12.9. The first kappa shape index (κ1) is 14.5. The molecule has 2 aromatic rings. The number of aryl methyl sites for hydroxylation is 1. The number of benzene rings is 1. The zero-order chi connectivity index (χ0) is 14.4. The molecule has 106 valence electrons. The van der Waals surface area contributed by atoms with Gasteiger partial charge in [-0.15, -0.1) is 11.3 Å². The molecule has 0 spiro atoms. The number of carbonyl (C=O) groups is 1. The molecule has 20 heavy (non-hydrogen) atoms. The maximum Gasteiger partial charge on any atom is 0.387 e. The maximum atomic E-state index is 12.2. The van der Waals surface area contributed by atoms with Crippen molar-refractivity contribution in [3.8, 4) is 5.75 Å². The van der Waals surface area contributed by atoms with Crippen molar-refractivity contribution < 1.29 is 18.3 Å². The maximum absolute atomic E-state index is 12.2. The Hall–Kier alpha value is -1.95. The van der Waals surface area contributed by atoms with E-state index < -0.39 is 6.61 Å². The van der Waals surface area contributed by atoms with Crippen LogP contribution in [-0.4, -0.2) is 12.5 Å². The third kappa shape index (κ3) is 4.31. The molecule has 6 heteroatoms. The van der Waals surface area contributed by atoms with Crippen molar-refractivity contribution in [3.63, 3.8) is 0 Å².